The zero-order valence-electron chi connectivity index (χ0n) is 19.3. The lowest BCUT2D eigenvalue weighted by molar-refractivity contribution is -0.147. The van der Waals surface area contributed by atoms with Gasteiger partial charge in [0.25, 0.3) is 0 Å². The summed E-state index contributed by atoms with van der Waals surface area (Å²) < 4.78 is 11.6. The lowest BCUT2D eigenvalue weighted by Gasteiger charge is -2.34. The number of carbonyl (C=O) groups is 2. The van der Waals surface area contributed by atoms with E-state index >= 15 is 0 Å². The van der Waals surface area contributed by atoms with Crippen LogP contribution in [0, 0.1) is 0 Å². The van der Waals surface area contributed by atoms with E-state index < -0.39 is 16.8 Å². The van der Waals surface area contributed by atoms with Gasteiger partial charge in [-0.25, -0.2) is 4.79 Å². The van der Waals surface area contributed by atoms with Gasteiger partial charge in [-0.1, -0.05) is 79.7 Å². The molecule has 7 heteroatoms. The van der Waals surface area contributed by atoms with Crippen molar-refractivity contribution in [3.8, 4) is 0 Å². The second kappa shape index (κ2) is 9.15. The Balaban J connectivity index is 0.000000152. The average Bonchev–Trinajstić information content (AvgIpc) is 3.35. The van der Waals surface area contributed by atoms with Crippen LogP contribution in [-0.4, -0.2) is 37.9 Å². The summed E-state index contributed by atoms with van der Waals surface area (Å²) in [5.41, 5.74) is 4.71. The molecule has 6 nitrogen and oxygen atoms in total. The topological polar surface area (TPSA) is 86.7 Å². The van der Waals surface area contributed by atoms with E-state index in [0.29, 0.717) is 23.5 Å². The van der Waals surface area contributed by atoms with Gasteiger partial charge in [0.15, 0.2) is 0 Å². The maximum Gasteiger partial charge on any atom is 0.353 e. The molecular formula is C28H26N2O4S. The number of aliphatic carboxylic acids is 1. The Kier molecular flexibility index (Phi) is 6.03. The maximum absolute atomic E-state index is 11.6. The third-order valence-corrected chi connectivity index (χ3v) is 8.18. The first-order valence-corrected chi connectivity index (χ1v) is 12.9. The average molecular weight is 487 g/mol. The molecule has 0 saturated carbocycles. The van der Waals surface area contributed by atoms with Gasteiger partial charge >= 0.3 is 5.97 Å². The van der Waals surface area contributed by atoms with E-state index in [1.165, 1.54) is 27.3 Å². The highest BCUT2D eigenvalue weighted by Gasteiger charge is 2.48. The molecule has 2 unspecified atom stereocenters. The van der Waals surface area contributed by atoms with Crippen molar-refractivity contribution >= 4 is 28.4 Å². The van der Waals surface area contributed by atoms with Gasteiger partial charge in [0, 0.05) is 29.2 Å². The molecule has 3 aromatic rings. The van der Waals surface area contributed by atoms with Crippen molar-refractivity contribution in [2.45, 2.75) is 31.3 Å². The molecule has 178 valence electrons. The summed E-state index contributed by atoms with van der Waals surface area (Å²) in [5.74, 6) is -0.941. The molecule has 2 N–H and O–H groups in total. The number of hydrogen-bond acceptors (Lipinski definition) is 4. The number of benzene rings is 3. The van der Waals surface area contributed by atoms with Crippen LogP contribution in [0.4, 0.5) is 5.69 Å². The van der Waals surface area contributed by atoms with Crippen LogP contribution in [-0.2, 0) is 25.9 Å². The highest BCUT2D eigenvalue weighted by molar-refractivity contribution is 7.89. The summed E-state index contributed by atoms with van der Waals surface area (Å²) in [7, 11) is -1.26. The molecule has 2 bridgehead atoms. The van der Waals surface area contributed by atoms with Crippen molar-refractivity contribution < 1.29 is 18.9 Å². The van der Waals surface area contributed by atoms with Gasteiger partial charge < -0.3 is 15.3 Å². The largest absolute Gasteiger partial charge is 0.477 e. The molecule has 1 fully saturated rings. The van der Waals surface area contributed by atoms with Crippen LogP contribution in [0.25, 0.3) is 0 Å². The fraction of sp³-hybridized carbons (Fsp3) is 0.214. The third kappa shape index (κ3) is 3.86. The highest BCUT2D eigenvalue weighted by atomic mass is 32.2. The fourth-order valence-corrected chi connectivity index (χ4v) is 6.26. The number of hydrogen-bond donors (Lipinski definition) is 2. The molecule has 1 saturated heterocycles. The second-order valence-electron chi connectivity index (χ2n) is 8.72. The molecule has 0 spiro atoms. The van der Waals surface area contributed by atoms with Crippen molar-refractivity contribution in [2.75, 3.05) is 11.1 Å². The molecule has 1 amide bonds. The Labute approximate surface area is 206 Å². The smallest absolute Gasteiger partial charge is 0.353 e. The minimum atomic E-state index is -1.26. The van der Waals surface area contributed by atoms with Crippen molar-refractivity contribution in [2.24, 2.45) is 0 Å². The predicted molar refractivity (Wildman–Crippen MR) is 136 cm³/mol. The van der Waals surface area contributed by atoms with Crippen LogP contribution in [0.5, 0.6) is 0 Å². The quantitative estimate of drug-likeness (QED) is 0.520. The van der Waals surface area contributed by atoms with Crippen LogP contribution in [0.3, 0.4) is 0 Å². The lowest BCUT2D eigenvalue weighted by Crippen LogP contribution is -2.49. The normalized spacial score (nSPS) is 19.7. The molecule has 0 radical (unpaired) electrons. The van der Waals surface area contributed by atoms with Gasteiger partial charge in [-0.3, -0.25) is 9.00 Å². The van der Waals surface area contributed by atoms with Gasteiger partial charge in [-0.05, 0) is 28.8 Å². The Bertz CT molecular complexity index is 1300. The molecule has 0 aromatic heterocycles. The van der Waals surface area contributed by atoms with Crippen LogP contribution in [0.1, 0.15) is 36.5 Å². The molecule has 3 aromatic carbocycles. The molecule has 3 heterocycles. The van der Waals surface area contributed by atoms with Crippen LogP contribution in [0.15, 0.2) is 95.5 Å². The number of nitrogens with one attached hydrogen (secondary N) is 1. The van der Waals surface area contributed by atoms with E-state index in [1.807, 2.05) is 0 Å². The first kappa shape index (κ1) is 23.1. The number of β-lactam (4-membered cyclic amide) rings is 1. The van der Waals surface area contributed by atoms with Gasteiger partial charge in [0.05, 0.1) is 16.8 Å². The number of carbonyl (C=O) groups excluding carboxylic acids is 1. The predicted octanol–water partition coefficient (Wildman–Crippen LogP) is 4.46. The summed E-state index contributed by atoms with van der Waals surface area (Å²) in [5, 5.41) is 12.7. The van der Waals surface area contributed by atoms with E-state index in [0.717, 1.165) is 0 Å². The summed E-state index contributed by atoms with van der Waals surface area (Å²) in [6.45, 7) is 1.74. The molecule has 35 heavy (non-hydrogen) atoms. The van der Waals surface area contributed by atoms with Crippen molar-refractivity contribution in [3.63, 3.8) is 0 Å². The van der Waals surface area contributed by atoms with Crippen molar-refractivity contribution in [1.82, 2.24) is 4.90 Å². The zero-order valence-corrected chi connectivity index (χ0v) is 20.1. The summed E-state index contributed by atoms with van der Waals surface area (Å²) in [4.78, 5) is 23.9. The Morgan fingerprint density at radius 2 is 1.57 bits per heavy atom. The van der Waals surface area contributed by atoms with Crippen LogP contribution in [0.2, 0.25) is 0 Å². The zero-order chi connectivity index (χ0) is 24.6. The number of rotatable bonds is 5. The van der Waals surface area contributed by atoms with Gasteiger partial charge in [-0.15, -0.1) is 0 Å². The maximum atomic E-state index is 11.6. The Hall–Kier alpha value is -3.71. The lowest BCUT2D eigenvalue weighted by atomic mass is 9.79. The van der Waals surface area contributed by atoms with E-state index in [2.05, 4.69) is 90.2 Å². The number of carboxylic acids is 1. The molecule has 3 aliphatic heterocycles. The van der Waals surface area contributed by atoms with Gasteiger partial charge in [0.1, 0.15) is 11.2 Å². The molecule has 0 aliphatic carbocycles. The monoisotopic (exact) mass is 486 g/mol. The van der Waals surface area contributed by atoms with Gasteiger partial charge in [-0.2, -0.15) is 0 Å². The standard InChI is InChI=1S/C19H15N.C9H11NO4S/c1-3-8-15(9-4-1)19(16-10-5-2-6-11-16)17-12-7-13-18(14-17)20-19;1-2-15(14)6-3-5-4-7(11)10(5)8(6)9(12)13/h1-14,20H;5H,2-4H2,1H3,(H,12,13). The molecule has 2 atom stereocenters. The highest BCUT2D eigenvalue weighted by Crippen LogP contribution is 2.44. The van der Waals surface area contributed by atoms with Crippen molar-refractivity contribution in [1.29, 1.82) is 0 Å². The first-order valence-electron chi connectivity index (χ1n) is 11.6. The van der Waals surface area contributed by atoms with E-state index in [1.54, 1.807) is 6.92 Å². The molecular weight excluding hydrogens is 460 g/mol. The number of amides is 1. The van der Waals surface area contributed by atoms with E-state index in [9.17, 15) is 13.8 Å². The number of anilines is 1. The Morgan fingerprint density at radius 3 is 2.09 bits per heavy atom. The minimum Gasteiger partial charge on any atom is -0.477 e. The van der Waals surface area contributed by atoms with Gasteiger partial charge in [0.2, 0.25) is 5.91 Å². The molecule has 3 aliphatic rings. The Morgan fingerprint density at radius 1 is 0.971 bits per heavy atom. The second-order valence-corrected chi connectivity index (χ2v) is 10.5. The third-order valence-electron chi connectivity index (χ3n) is 6.75. The van der Waals surface area contributed by atoms with Crippen LogP contribution >= 0.6 is 0 Å². The van der Waals surface area contributed by atoms with Crippen molar-refractivity contribution in [3.05, 3.63) is 112 Å². The molecule has 6 rings (SSSR count). The number of fused-ring (bicyclic) bond motifs is 3. The summed E-state index contributed by atoms with van der Waals surface area (Å²) in [6.07, 6.45) is 0.828. The SMILES string of the molecule is CCS(=O)C1=C(C(=O)O)N2C(=O)CC2C1.c1ccc(C2(c3ccccc3)Nc3cccc2c3)cc1. The fourth-order valence-electron chi connectivity index (χ4n) is 5.13. The van der Waals surface area contributed by atoms with E-state index in [4.69, 9.17) is 5.11 Å². The number of carboxylic acid groups (broad SMARTS) is 1. The summed E-state index contributed by atoms with van der Waals surface area (Å²) >= 11 is 0. The van der Waals surface area contributed by atoms with Crippen LogP contribution < -0.4 is 5.32 Å². The first-order chi connectivity index (χ1) is 17.0. The summed E-state index contributed by atoms with van der Waals surface area (Å²) in [6, 6.07) is 29.9. The minimum absolute atomic E-state index is 0.0450. The number of nitrogens with zero attached hydrogens (tertiary/aromatic N) is 1. The van der Waals surface area contributed by atoms with E-state index in [-0.39, 0.29) is 23.2 Å².